The van der Waals surface area contributed by atoms with Crippen molar-refractivity contribution in [3.63, 3.8) is 0 Å². The van der Waals surface area contributed by atoms with Gasteiger partial charge in [-0.15, -0.1) is 0 Å². The Bertz CT molecular complexity index is 992. The van der Waals surface area contributed by atoms with Gasteiger partial charge in [0, 0.05) is 5.39 Å². The van der Waals surface area contributed by atoms with Crippen LogP contribution in [0.1, 0.15) is 16.1 Å². The number of ether oxygens (including phenoxy) is 1. The Morgan fingerprint density at radius 2 is 1.78 bits per heavy atom. The molecule has 3 N–H and O–H groups in total. The Morgan fingerprint density at radius 3 is 2.44 bits per heavy atom. The van der Waals surface area contributed by atoms with Crippen molar-refractivity contribution in [3.8, 4) is 17.6 Å². The topological polar surface area (TPSA) is 115 Å². The molecule has 3 aromatic rings. The van der Waals surface area contributed by atoms with Crippen molar-refractivity contribution in [2.24, 2.45) is 0 Å². The molecule has 0 saturated heterocycles. The van der Waals surface area contributed by atoms with Crippen molar-refractivity contribution < 1.29 is 19.7 Å². The predicted octanol–water partition coefficient (Wildman–Crippen LogP) is 1.98. The lowest BCUT2D eigenvalue weighted by Crippen LogP contribution is -2.40. The standard InChI is InChI=1S/C20H17N3O4/c21-10-13-1-4-16(5-2-13)27-17-6-8-18-14(9-17)3-7-19(23-18)20(26)22-15(11-24)12-25/h1-9,15,24-25H,11-12H2,(H,22,26). The number of carbonyl (C=O) groups excluding carboxylic acids is 1. The number of pyridine rings is 1. The van der Waals surface area contributed by atoms with Crippen LogP contribution in [-0.2, 0) is 0 Å². The first kappa shape index (κ1) is 18.3. The highest BCUT2D eigenvalue weighted by molar-refractivity contribution is 5.95. The molecule has 0 fully saturated rings. The van der Waals surface area contributed by atoms with E-state index in [4.69, 9.17) is 20.2 Å². The first-order chi connectivity index (χ1) is 13.1. The summed E-state index contributed by atoms with van der Waals surface area (Å²) in [4.78, 5) is 16.4. The molecule has 3 rings (SSSR count). The molecule has 1 heterocycles. The van der Waals surface area contributed by atoms with Crippen LogP contribution in [0.4, 0.5) is 0 Å². The van der Waals surface area contributed by atoms with Gasteiger partial charge in [0.25, 0.3) is 5.91 Å². The highest BCUT2D eigenvalue weighted by Crippen LogP contribution is 2.25. The van der Waals surface area contributed by atoms with Crippen molar-refractivity contribution in [1.82, 2.24) is 10.3 Å². The molecule has 0 unspecified atom stereocenters. The lowest BCUT2D eigenvalue weighted by molar-refractivity contribution is 0.0875. The van der Waals surface area contributed by atoms with Crippen LogP contribution in [0.25, 0.3) is 10.9 Å². The van der Waals surface area contributed by atoms with E-state index in [1.165, 1.54) is 0 Å². The third-order valence-corrected chi connectivity index (χ3v) is 3.89. The molecule has 1 aromatic heterocycles. The van der Waals surface area contributed by atoms with E-state index in [1.807, 2.05) is 0 Å². The fraction of sp³-hybridized carbons (Fsp3) is 0.150. The van der Waals surface area contributed by atoms with E-state index in [9.17, 15) is 4.79 Å². The summed E-state index contributed by atoms with van der Waals surface area (Å²) >= 11 is 0. The van der Waals surface area contributed by atoms with Gasteiger partial charge < -0.3 is 20.3 Å². The van der Waals surface area contributed by atoms with Gasteiger partial charge in [-0.1, -0.05) is 6.07 Å². The summed E-state index contributed by atoms with van der Waals surface area (Å²) in [6.07, 6.45) is 0. The second kappa shape index (κ2) is 8.27. The molecule has 0 aliphatic carbocycles. The first-order valence-corrected chi connectivity index (χ1v) is 8.24. The highest BCUT2D eigenvalue weighted by Gasteiger charge is 2.13. The number of hydrogen-bond donors (Lipinski definition) is 3. The SMILES string of the molecule is N#Cc1ccc(Oc2ccc3nc(C(=O)NC(CO)CO)ccc3c2)cc1. The summed E-state index contributed by atoms with van der Waals surface area (Å²) < 4.78 is 5.77. The summed E-state index contributed by atoms with van der Waals surface area (Å²) in [5.41, 5.74) is 1.36. The van der Waals surface area contributed by atoms with Crippen molar-refractivity contribution in [3.05, 3.63) is 65.9 Å². The largest absolute Gasteiger partial charge is 0.457 e. The van der Waals surface area contributed by atoms with Crippen molar-refractivity contribution in [1.29, 1.82) is 5.26 Å². The van der Waals surface area contributed by atoms with E-state index in [1.54, 1.807) is 54.6 Å². The van der Waals surface area contributed by atoms with Crippen LogP contribution in [-0.4, -0.2) is 40.4 Å². The molecule has 0 spiro atoms. The normalized spacial score (nSPS) is 10.6. The Morgan fingerprint density at radius 1 is 1.07 bits per heavy atom. The maximum absolute atomic E-state index is 12.1. The number of benzene rings is 2. The molecular weight excluding hydrogens is 346 g/mol. The van der Waals surface area contributed by atoms with E-state index in [-0.39, 0.29) is 18.9 Å². The number of nitrogens with one attached hydrogen (secondary N) is 1. The maximum Gasteiger partial charge on any atom is 0.270 e. The number of nitriles is 1. The average Bonchev–Trinajstić information content (AvgIpc) is 2.72. The predicted molar refractivity (Wildman–Crippen MR) is 98.4 cm³/mol. The van der Waals surface area contributed by atoms with E-state index in [0.717, 1.165) is 5.39 Å². The molecule has 27 heavy (non-hydrogen) atoms. The van der Waals surface area contributed by atoms with Crippen LogP contribution in [0, 0.1) is 11.3 Å². The fourth-order valence-corrected chi connectivity index (χ4v) is 2.44. The second-order valence-electron chi connectivity index (χ2n) is 5.82. The van der Waals surface area contributed by atoms with E-state index in [0.29, 0.717) is 22.6 Å². The zero-order valence-electron chi connectivity index (χ0n) is 14.3. The number of aliphatic hydroxyl groups excluding tert-OH is 2. The molecule has 7 heteroatoms. The molecule has 0 bridgehead atoms. The Kier molecular flexibility index (Phi) is 5.61. The number of carbonyl (C=O) groups is 1. The van der Waals surface area contributed by atoms with Crippen LogP contribution in [0.2, 0.25) is 0 Å². The summed E-state index contributed by atoms with van der Waals surface area (Å²) in [6, 6.07) is 16.7. The molecular formula is C20H17N3O4. The number of aromatic nitrogens is 1. The fourth-order valence-electron chi connectivity index (χ4n) is 2.44. The minimum atomic E-state index is -0.724. The molecule has 0 aliphatic rings. The number of amides is 1. The van der Waals surface area contributed by atoms with Gasteiger partial charge in [-0.2, -0.15) is 5.26 Å². The van der Waals surface area contributed by atoms with E-state index in [2.05, 4.69) is 16.4 Å². The van der Waals surface area contributed by atoms with Crippen molar-refractivity contribution >= 4 is 16.8 Å². The molecule has 2 aromatic carbocycles. The van der Waals surface area contributed by atoms with Gasteiger partial charge in [0.05, 0.1) is 36.4 Å². The summed E-state index contributed by atoms with van der Waals surface area (Å²) in [5, 5.41) is 30.2. The van der Waals surface area contributed by atoms with Gasteiger partial charge in [0.1, 0.15) is 17.2 Å². The number of nitrogens with zero attached hydrogens (tertiary/aromatic N) is 2. The Hall–Kier alpha value is -3.47. The maximum atomic E-state index is 12.1. The van der Waals surface area contributed by atoms with Gasteiger partial charge in [0.15, 0.2) is 0 Å². The van der Waals surface area contributed by atoms with Gasteiger partial charge in [0.2, 0.25) is 0 Å². The lowest BCUT2D eigenvalue weighted by atomic mass is 10.2. The molecule has 1 amide bonds. The summed E-state index contributed by atoms with van der Waals surface area (Å²) in [6.45, 7) is -0.711. The third kappa shape index (κ3) is 4.39. The molecule has 136 valence electrons. The quantitative estimate of drug-likeness (QED) is 0.617. The number of rotatable bonds is 6. The average molecular weight is 363 g/mol. The Labute approximate surface area is 155 Å². The number of hydrogen-bond acceptors (Lipinski definition) is 6. The molecule has 0 atom stereocenters. The second-order valence-corrected chi connectivity index (χ2v) is 5.82. The molecule has 0 saturated carbocycles. The molecule has 0 aliphatic heterocycles. The zero-order chi connectivity index (χ0) is 19.2. The van der Waals surface area contributed by atoms with Gasteiger partial charge >= 0.3 is 0 Å². The van der Waals surface area contributed by atoms with Crippen molar-refractivity contribution in [2.75, 3.05) is 13.2 Å². The minimum absolute atomic E-state index is 0.190. The molecule has 0 radical (unpaired) electrons. The minimum Gasteiger partial charge on any atom is -0.457 e. The van der Waals surface area contributed by atoms with Crippen LogP contribution in [0.3, 0.4) is 0 Å². The van der Waals surface area contributed by atoms with Crippen LogP contribution in [0.5, 0.6) is 11.5 Å². The smallest absolute Gasteiger partial charge is 0.270 e. The first-order valence-electron chi connectivity index (χ1n) is 8.24. The van der Waals surface area contributed by atoms with Crippen LogP contribution >= 0.6 is 0 Å². The van der Waals surface area contributed by atoms with Crippen LogP contribution < -0.4 is 10.1 Å². The highest BCUT2D eigenvalue weighted by atomic mass is 16.5. The van der Waals surface area contributed by atoms with E-state index >= 15 is 0 Å². The van der Waals surface area contributed by atoms with E-state index < -0.39 is 11.9 Å². The van der Waals surface area contributed by atoms with Gasteiger partial charge in [-0.25, -0.2) is 4.98 Å². The third-order valence-electron chi connectivity index (χ3n) is 3.89. The Balaban J connectivity index is 1.78. The number of fused-ring (bicyclic) bond motifs is 1. The summed E-state index contributed by atoms with van der Waals surface area (Å²) in [7, 11) is 0. The van der Waals surface area contributed by atoms with Crippen molar-refractivity contribution in [2.45, 2.75) is 6.04 Å². The monoisotopic (exact) mass is 363 g/mol. The summed E-state index contributed by atoms with van der Waals surface area (Å²) in [5.74, 6) is 0.742. The lowest BCUT2D eigenvalue weighted by Gasteiger charge is -2.13. The van der Waals surface area contributed by atoms with Gasteiger partial charge in [-0.3, -0.25) is 4.79 Å². The number of aliphatic hydroxyl groups is 2. The zero-order valence-corrected chi connectivity index (χ0v) is 14.3. The van der Waals surface area contributed by atoms with Gasteiger partial charge in [-0.05, 0) is 48.5 Å². The van der Waals surface area contributed by atoms with Crippen LogP contribution in [0.15, 0.2) is 54.6 Å². The molecule has 7 nitrogen and oxygen atoms in total.